The fourth-order valence-electron chi connectivity index (χ4n) is 5.06. The molecular weight excluding hydrogens is 640 g/mol. The normalized spacial score (nSPS) is 20.3. The van der Waals surface area contributed by atoms with Gasteiger partial charge in [0.1, 0.15) is 11.9 Å². The van der Waals surface area contributed by atoms with Crippen LogP contribution in [-0.2, 0) is 20.9 Å². The largest absolute Gasteiger partial charge is 0.478 e. The van der Waals surface area contributed by atoms with Crippen molar-refractivity contribution in [3.05, 3.63) is 70.0 Å². The molecule has 0 bridgehead atoms. The number of carboxylic acids is 1. The molecule has 0 spiro atoms. The number of rotatable bonds is 8. The maximum absolute atomic E-state index is 14.3. The average Bonchev–Trinajstić information content (AvgIpc) is 3.30. The second kappa shape index (κ2) is 12.0. The maximum Gasteiger partial charge on any atom is 0.335 e. The number of hydrogen-bond acceptors (Lipinski definition) is 5. The summed E-state index contributed by atoms with van der Waals surface area (Å²) in [6.07, 6.45) is 2.83. The summed E-state index contributed by atoms with van der Waals surface area (Å²) in [5.41, 5.74) is 1.83. The van der Waals surface area contributed by atoms with Gasteiger partial charge in [0, 0.05) is 45.4 Å². The smallest absolute Gasteiger partial charge is 0.335 e. The minimum atomic E-state index is -1.11. The van der Waals surface area contributed by atoms with Gasteiger partial charge in [-0.2, -0.15) is 0 Å². The molecule has 1 fully saturated rings. The number of Topliss-reactive ketones (excluding diaryl/α,β-unsaturated/α-hetero) is 1. The lowest BCUT2D eigenvalue weighted by molar-refractivity contribution is -0.137. The molecule has 0 saturated carbocycles. The molecule has 2 aliphatic rings. The Bertz CT molecular complexity index is 1370. The minimum absolute atomic E-state index is 0.0351. The summed E-state index contributed by atoms with van der Waals surface area (Å²) in [6, 6.07) is 8.02. The number of hydrogen-bond donors (Lipinski definition) is 2. The molecule has 8 nitrogen and oxygen atoms in total. The number of fused-ring (bicyclic) bond motifs is 1. The fraction of sp³-hybridized carbons (Fsp3) is 0.357. The maximum atomic E-state index is 14.3. The van der Waals surface area contributed by atoms with Gasteiger partial charge in [-0.25, -0.2) is 9.18 Å². The van der Waals surface area contributed by atoms with E-state index in [0.29, 0.717) is 36.2 Å². The van der Waals surface area contributed by atoms with Crippen LogP contribution in [0.1, 0.15) is 48.2 Å². The van der Waals surface area contributed by atoms with Crippen LogP contribution in [0, 0.1) is 5.82 Å². The van der Waals surface area contributed by atoms with Crippen molar-refractivity contribution in [1.82, 2.24) is 10.2 Å². The van der Waals surface area contributed by atoms with Gasteiger partial charge < -0.3 is 20.2 Å². The first-order chi connectivity index (χ1) is 18.5. The van der Waals surface area contributed by atoms with Crippen LogP contribution in [0.3, 0.4) is 0 Å². The third-order valence-electron chi connectivity index (χ3n) is 7.06. The van der Waals surface area contributed by atoms with Crippen molar-refractivity contribution < 1.29 is 28.7 Å². The molecule has 2 aliphatic heterocycles. The zero-order valence-electron chi connectivity index (χ0n) is 21.4. The van der Waals surface area contributed by atoms with E-state index >= 15 is 0 Å². The molecule has 0 radical (unpaired) electrons. The lowest BCUT2D eigenvalue weighted by atomic mass is 9.90. The highest BCUT2D eigenvalue weighted by Crippen LogP contribution is 2.37. The van der Waals surface area contributed by atoms with E-state index in [1.165, 1.54) is 36.1 Å². The number of halogens is 3. The van der Waals surface area contributed by atoms with E-state index < -0.39 is 17.8 Å². The van der Waals surface area contributed by atoms with Gasteiger partial charge in [0.25, 0.3) is 0 Å². The number of amides is 2. The van der Waals surface area contributed by atoms with Crippen LogP contribution in [-0.4, -0.2) is 62.7 Å². The molecule has 1 saturated heterocycles. The van der Waals surface area contributed by atoms with Crippen LogP contribution in [0.5, 0.6) is 0 Å². The van der Waals surface area contributed by atoms with E-state index in [1.54, 1.807) is 17.0 Å². The summed E-state index contributed by atoms with van der Waals surface area (Å²) >= 11 is 8.05. The van der Waals surface area contributed by atoms with Gasteiger partial charge in [0.2, 0.25) is 11.8 Å². The lowest BCUT2D eigenvalue weighted by Crippen LogP contribution is -2.51. The number of carbonyl (C=O) groups excluding carboxylic acids is 3. The van der Waals surface area contributed by atoms with Gasteiger partial charge in [-0.1, -0.05) is 65.4 Å². The van der Waals surface area contributed by atoms with Gasteiger partial charge in [-0.3, -0.25) is 14.4 Å². The number of aromatic carboxylic acids is 1. The van der Waals surface area contributed by atoms with E-state index in [1.807, 2.05) is 13.0 Å². The van der Waals surface area contributed by atoms with Gasteiger partial charge in [0.05, 0.1) is 17.1 Å². The van der Waals surface area contributed by atoms with Crippen LogP contribution in [0.2, 0.25) is 5.02 Å². The van der Waals surface area contributed by atoms with E-state index in [0.717, 1.165) is 0 Å². The SMILES string of the molecule is CCC1C=C(C(C)=O)c2ccc(C(=O)O)cc2N1CC(=O)N1C[C@H](I)C[C@H]1C(=O)NCc1cccc(Cl)c1F. The van der Waals surface area contributed by atoms with E-state index in [2.05, 4.69) is 27.9 Å². The number of ketones is 1. The Morgan fingerprint density at radius 3 is 2.62 bits per heavy atom. The Balaban J connectivity index is 1.57. The van der Waals surface area contributed by atoms with Crippen LogP contribution >= 0.6 is 34.2 Å². The summed E-state index contributed by atoms with van der Waals surface area (Å²) in [6.45, 7) is 3.57. The van der Waals surface area contributed by atoms with Gasteiger partial charge in [-0.15, -0.1) is 0 Å². The van der Waals surface area contributed by atoms with Crippen LogP contribution in [0.25, 0.3) is 5.57 Å². The monoisotopic (exact) mass is 667 g/mol. The first kappa shape index (κ1) is 29.0. The average molecular weight is 668 g/mol. The van der Waals surface area contributed by atoms with E-state index in [9.17, 15) is 28.7 Å². The number of likely N-dealkylation sites (tertiary alicyclic amines) is 1. The zero-order valence-corrected chi connectivity index (χ0v) is 24.3. The summed E-state index contributed by atoms with van der Waals surface area (Å²) in [4.78, 5) is 54.2. The fourth-order valence-corrected chi connectivity index (χ4v) is 6.16. The molecule has 0 aliphatic carbocycles. The number of alkyl halides is 1. The van der Waals surface area contributed by atoms with Crippen molar-refractivity contribution >= 4 is 69.0 Å². The second-order valence-electron chi connectivity index (χ2n) is 9.60. The van der Waals surface area contributed by atoms with Crippen molar-refractivity contribution in [3.8, 4) is 0 Å². The summed E-state index contributed by atoms with van der Waals surface area (Å²) in [5.74, 6) is -2.55. The van der Waals surface area contributed by atoms with Crippen molar-refractivity contribution in [2.45, 2.75) is 49.2 Å². The Kier molecular flexibility index (Phi) is 8.95. The molecule has 2 aromatic rings. The molecule has 2 heterocycles. The number of benzene rings is 2. The third-order valence-corrected chi connectivity index (χ3v) is 8.26. The summed E-state index contributed by atoms with van der Waals surface area (Å²) in [5, 5.41) is 12.3. The zero-order chi connectivity index (χ0) is 28.4. The van der Waals surface area contributed by atoms with Crippen molar-refractivity contribution in [2.75, 3.05) is 18.0 Å². The number of nitrogens with one attached hydrogen (secondary N) is 1. The first-order valence-electron chi connectivity index (χ1n) is 12.5. The van der Waals surface area contributed by atoms with Gasteiger partial charge in [0.15, 0.2) is 5.78 Å². The highest BCUT2D eigenvalue weighted by molar-refractivity contribution is 14.1. The Hall–Kier alpha value is -2.99. The number of carboxylic acid groups (broad SMARTS) is 1. The predicted molar refractivity (Wildman–Crippen MR) is 155 cm³/mol. The topological polar surface area (TPSA) is 107 Å². The van der Waals surface area contributed by atoms with Crippen molar-refractivity contribution in [3.63, 3.8) is 0 Å². The van der Waals surface area contributed by atoms with Crippen LogP contribution in [0.4, 0.5) is 10.1 Å². The minimum Gasteiger partial charge on any atom is -0.478 e. The molecule has 4 rings (SSSR count). The third kappa shape index (κ3) is 6.11. The van der Waals surface area contributed by atoms with Crippen molar-refractivity contribution in [1.29, 1.82) is 0 Å². The highest BCUT2D eigenvalue weighted by atomic mass is 127. The Morgan fingerprint density at radius 2 is 1.95 bits per heavy atom. The molecule has 3 atom stereocenters. The predicted octanol–water partition coefficient (Wildman–Crippen LogP) is 4.47. The number of nitrogens with zero attached hydrogens (tertiary/aromatic N) is 2. The summed E-state index contributed by atoms with van der Waals surface area (Å²) < 4.78 is 14.3. The van der Waals surface area contributed by atoms with E-state index in [-0.39, 0.29) is 56.8 Å². The molecule has 1 unspecified atom stereocenters. The summed E-state index contributed by atoms with van der Waals surface area (Å²) in [7, 11) is 0. The highest BCUT2D eigenvalue weighted by Gasteiger charge is 2.40. The Morgan fingerprint density at radius 1 is 1.21 bits per heavy atom. The van der Waals surface area contributed by atoms with Crippen LogP contribution in [0.15, 0.2) is 42.5 Å². The molecule has 2 aromatic carbocycles. The van der Waals surface area contributed by atoms with Gasteiger partial charge in [-0.05, 0) is 38.0 Å². The Labute approximate surface area is 244 Å². The molecule has 0 aromatic heterocycles. The second-order valence-corrected chi connectivity index (χ2v) is 11.8. The van der Waals surface area contributed by atoms with Crippen LogP contribution < -0.4 is 10.2 Å². The number of anilines is 1. The molecule has 2 N–H and O–H groups in total. The lowest BCUT2D eigenvalue weighted by Gasteiger charge is -2.38. The molecule has 39 heavy (non-hydrogen) atoms. The first-order valence-corrected chi connectivity index (χ1v) is 14.1. The molecular formula is C28H28ClFIN3O5. The van der Waals surface area contributed by atoms with Gasteiger partial charge >= 0.3 is 5.97 Å². The molecule has 11 heteroatoms. The number of allylic oxidation sites excluding steroid dienone is 1. The molecule has 206 valence electrons. The van der Waals surface area contributed by atoms with E-state index in [4.69, 9.17) is 11.6 Å². The van der Waals surface area contributed by atoms with Crippen molar-refractivity contribution in [2.24, 2.45) is 0 Å². The standard InChI is InChI=1S/C28H28ClFIN3O5/c1-3-19-11-21(15(2)35)20-8-7-16(28(38)39)9-23(20)33(19)14-25(36)34-13-18(31)10-24(34)27(37)32-12-17-5-4-6-22(29)26(17)30/h4-9,11,18-19,24H,3,10,12-14H2,1-2H3,(H,32,37)(H,38,39)/t18-,19?,24+/m1/s1. The molecule has 2 amide bonds. The quantitative estimate of drug-likeness (QED) is 0.318. The number of carbonyl (C=O) groups is 4.